The Morgan fingerprint density at radius 3 is 2.79 bits per heavy atom. The van der Waals surface area contributed by atoms with Crippen LogP contribution in [0, 0.1) is 0 Å². The largest absolute Gasteiger partial charge is 0.354 e. The number of rotatable bonds is 6. The van der Waals surface area contributed by atoms with E-state index in [0.717, 1.165) is 10.5 Å². The van der Waals surface area contributed by atoms with Gasteiger partial charge in [-0.3, -0.25) is 14.9 Å². The predicted octanol–water partition coefficient (Wildman–Crippen LogP) is -0.0529. The highest BCUT2D eigenvalue weighted by atomic mass is 16.5. The summed E-state index contributed by atoms with van der Waals surface area (Å²) in [4.78, 5) is 39.5. The fourth-order valence-corrected chi connectivity index (χ4v) is 2.21. The number of carbonyl (C=O) groups excluding carboxylic acids is 3. The summed E-state index contributed by atoms with van der Waals surface area (Å²) in [6.45, 7) is 0.0343. The number of imide groups is 1. The van der Waals surface area contributed by atoms with Crippen molar-refractivity contribution in [2.45, 2.75) is 6.42 Å². The molecule has 24 heavy (non-hydrogen) atoms. The number of nitrogens with one attached hydrogen (secondary N) is 2. The molecular formula is C15H15N5O4. The average molecular weight is 329 g/mol. The monoisotopic (exact) mass is 329 g/mol. The second kappa shape index (κ2) is 6.90. The van der Waals surface area contributed by atoms with Crippen LogP contribution >= 0.6 is 0 Å². The van der Waals surface area contributed by atoms with E-state index in [-0.39, 0.29) is 19.0 Å². The van der Waals surface area contributed by atoms with E-state index in [4.69, 9.17) is 4.52 Å². The first-order valence-corrected chi connectivity index (χ1v) is 7.35. The maximum Gasteiger partial charge on any atom is 0.325 e. The smallest absolute Gasteiger partial charge is 0.325 e. The number of hydrogen-bond donors (Lipinski definition) is 2. The van der Waals surface area contributed by atoms with E-state index in [2.05, 4.69) is 20.8 Å². The minimum absolute atomic E-state index is 0.0997. The van der Waals surface area contributed by atoms with Crippen LogP contribution in [0.25, 0.3) is 11.5 Å². The lowest BCUT2D eigenvalue weighted by Crippen LogP contribution is -2.39. The number of aromatic nitrogens is 2. The molecule has 0 saturated carbocycles. The summed E-state index contributed by atoms with van der Waals surface area (Å²) in [6, 6.07) is 8.81. The maximum absolute atomic E-state index is 11.8. The van der Waals surface area contributed by atoms with Crippen LogP contribution in [0.2, 0.25) is 0 Å². The highest BCUT2D eigenvalue weighted by Gasteiger charge is 2.27. The maximum atomic E-state index is 11.8. The van der Waals surface area contributed by atoms with Gasteiger partial charge in [0.1, 0.15) is 13.1 Å². The SMILES string of the molecule is O=C(CN1CC(=O)NC1=O)NCCc1noc(-c2ccccc2)n1. The van der Waals surface area contributed by atoms with Gasteiger partial charge >= 0.3 is 6.03 Å². The minimum atomic E-state index is -0.555. The van der Waals surface area contributed by atoms with Crippen LogP contribution in [-0.4, -0.2) is 52.5 Å². The summed E-state index contributed by atoms with van der Waals surface area (Å²) in [5.74, 6) is 0.132. The lowest BCUT2D eigenvalue weighted by atomic mass is 10.2. The van der Waals surface area contributed by atoms with E-state index >= 15 is 0 Å². The molecule has 2 aromatic rings. The van der Waals surface area contributed by atoms with Crippen molar-refractivity contribution in [2.24, 2.45) is 0 Å². The number of nitrogens with zero attached hydrogens (tertiary/aromatic N) is 3. The lowest BCUT2D eigenvalue weighted by molar-refractivity contribution is -0.121. The molecule has 0 bridgehead atoms. The van der Waals surface area contributed by atoms with Crippen LogP contribution in [0.3, 0.4) is 0 Å². The Kier molecular flexibility index (Phi) is 4.50. The second-order valence-corrected chi connectivity index (χ2v) is 5.19. The van der Waals surface area contributed by atoms with Gasteiger partial charge in [-0.1, -0.05) is 23.4 Å². The number of amides is 4. The number of carbonyl (C=O) groups is 3. The van der Waals surface area contributed by atoms with Crippen molar-refractivity contribution in [2.75, 3.05) is 19.6 Å². The first kappa shape index (κ1) is 15.7. The minimum Gasteiger partial charge on any atom is -0.354 e. The Morgan fingerprint density at radius 1 is 1.29 bits per heavy atom. The van der Waals surface area contributed by atoms with Crippen LogP contribution in [0.4, 0.5) is 4.79 Å². The normalized spacial score (nSPS) is 13.9. The Bertz CT molecular complexity index is 758. The van der Waals surface area contributed by atoms with Crippen molar-refractivity contribution in [1.29, 1.82) is 0 Å². The summed E-state index contributed by atoms with van der Waals surface area (Å²) in [5.41, 5.74) is 0.824. The lowest BCUT2D eigenvalue weighted by Gasteiger charge is -2.12. The molecule has 0 radical (unpaired) electrons. The van der Waals surface area contributed by atoms with Crippen molar-refractivity contribution in [3.8, 4) is 11.5 Å². The van der Waals surface area contributed by atoms with Gasteiger partial charge in [0.25, 0.3) is 5.89 Å². The van der Waals surface area contributed by atoms with E-state index in [1.165, 1.54) is 0 Å². The van der Waals surface area contributed by atoms with Crippen molar-refractivity contribution in [3.05, 3.63) is 36.2 Å². The fourth-order valence-electron chi connectivity index (χ4n) is 2.21. The third kappa shape index (κ3) is 3.75. The van der Waals surface area contributed by atoms with Crippen LogP contribution in [0.15, 0.2) is 34.9 Å². The topological polar surface area (TPSA) is 117 Å². The summed E-state index contributed by atoms with van der Waals surface area (Å²) in [6.07, 6.45) is 0.396. The first-order valence-electron chi connectivity index (χ1n) is 7.35. The number of hydrogen-bond acceptors (Lipinski definition) is 6. The summed E-state index contributed by atoms with van der Waals surface area (Å²) in [7, 11) is 0. The van der Waals surface area contributed by atoms with E-state index < -0.39 is 11.9 Å². The molecule has 2 N–H and O–H groups in total. The molecule has 124 valence electrons. The van der Waals surface area contributed by atoms with Crippen LogP contribution in [0.5, 0.6) is 0 Å². The molecule has 1 aromatic heterocycles. The zero-order valence-corrected chi connectivity index (χ0v) is 12.7. The van der Waals surface area contributed by atoms with Crippen LogP contribution in [-0.2, 0) is 16.0 Å². The molecule has 0 spiro atoms. The zero-order chi connectivity index (χ0) is 16.9. The van der Waals surface area contributed by atoms with Gasteiger partial charge in [0.2, 0.25) is 11.8 Å². The number of urea groups is 1. The molecule has 0 aliphatic carbocycles. The van der Waals surface area contributed by atoms with Gasteiger partial charge in [0.05, 0.1) is 0 Å². The molecule has 1 aliphatic rings. The fraction of sp³-hybridized carbons (Fsp3) is 0.267. The Hall–Kier alpha value is -3.23. The molecule has 2 heterocycles. The molecule has 1 aromatic carbocycles. The second-order valence-electron chi connectivity index (χ2n) is 5.19. The third-order valence-corrected chi connectivity index (χ3v) is 3.36. The van der Waals surface area contributed by atoms with Crippen LogP contribution < -0.4 is 10.6 Å². The molecule has 4 amide bonds. The van der Waals surface area contributed by atoms with Gasteiger partial charge in [-0.25, -0.2) is 4.79 Å². The van der Waals surface area contributed by atoms with Gasteiger partial charge in [-0.2, -0.15) is 4.98 Å². The van der Waals surface area contributed by atoms with Crippen LogP contribution in [0.1, 0.15) is 5.82 Å². The molecular weight excluding hydrogens is 314 g/mol. The zero-order valence-electron chi connectivity index (χ0n) is 12.7. The molecule has 1 aliphatic heterocycles. The average Bonchev–Trinajstić information content (AvgIpc) is 3.15. The van der Waals surface area contributed by atoms with Gasteiger partial charge in [-0.15, -0.1) is 0 Å². The van der Waals surface area contributed by atoms with Crippen molar-refractivity contribution in [1.82, 2.24) is 25.7 Å². The molecule has 1 fully saturated rings. The van der Waals surface area contributed by atoms with Gasteiger partial charge < -0.3 is 14.7 Å². The summed E-state index contributed by atoms with van der Waals surface area (Å²) < 4.78 is 5.17. The van der Waals surface area contributed by atoms with E-state index in [1.54, 1.807) is 0 Å². The standard InChI is InChI=1S/C15H15N5O4/c21-12(8-20-9-13(22)18-15(20)23)16-7-6-11-17-14(24-19-11)10-4-2-1-3-5-10/h1-5H,6-9H2,(H,16,21)(H,18,22,23). The third-order valence-electron chi connectivity index (χ3n) is 3.36. The molecule has 0 atom stereocenters. The van der Waals surface area contributed by atoms with E-state index in [0.29, 0.717) is 24.7 Å². The van der Waals surface area contributed by atoms with Gasteiger partial charge in [0, 0.05) is 18.5 Å². The molecule has 1 saturated heterocycles. The van der Waals surface area contributed by atoms with E-state index in [1.807, 2.05) is 30.3 Å². The highest BCUT2D eigenvalue weighted by molar-refractivity contribution is 6.03. The first-order chi connectivity index (χ1) is 11.6. The summed E-state index contributed by atoms with van der Waals surface area (Å²) in [5, 5.41) is 8.62. The van der Waals surface area contributed by atoms with Gasteiger partial charge in [0.15, 0.2) is 5.82 Å². The van der Waals surface area contributed by atoms with E-state index in [9.17, 15) is 14.4 Å². The number of benzene rings is 1. The summed E-state index contributed by atoms with van der Waals surface area (Å²) >= 11 is 0. The molecule has 0 unspecified atom stereocenters. The molecule has 3 rings (SSSR count). The predicted molar refractivity (Wildman–Crippen MR) is 81.6 cm³/mol. The molecule has 9 nitrogen and oxygen atoms in total. The quantitative estimate of drug-likeness (QED) is 0.717. The van der Waals surface area contributed by atoms with Crippen molar-refractivity contribution < 1.29 is 18.9 Å². The van der Waals surface area contributed by atoms with Gasteiger partial charge in [-0.05, 0) is 12.1 Å². The Balaban J connectivity index is 1.45. The van der Waals surface area contributed by atoms with Crippen molar-refractivity contribution in [3.63, 3.8) is 0 Å². The molecule has 9 heteroatoms. The Labute approximate surface area is 137 Å². The Morgan fingerprint density at radius 2 is 2.08 bits per heavy atom. The van der Waals surface area contributed by atoms with Crippen molar-refractivity contribution >= 4 is 17.8 Å². The highest BCUT2D eigenvalue weighted by Crippen LogP contribution is 2.15.